The van der Waals surface area contributed by atoms with E-state index in [2.05, 4.69) is 46.5 Å². The lowest BCUT2D eigenvalue weighted by Crippen LogP contribution is -2.45. The third kappa shape index (κ3) is 9.17. The Labute approximate surface area is 193 Å². The lowest BCUT2D eigenvalue weighted by Gasteiger charge is -2.24. The summed E-state index contributed by atoms with van der Waals surface area (Å²) in [5.41, 5.74) is 0. The van der Waals surface area contributed by atoms with Crippen molar-refractivity contribution >= 4 is 29.9 Å². The highest BCUT2D eigenvalue weighted by Gasteiger charge is 2.22. The molecule has 2 heterocycles. The van der Waals surface area contributed by atoms with E-state index < -0.39 is 0 Å². The minimum Gasteiger partial charge on any atom is -0.381 e. The third-order valence-corrected chi connectivity index (χ3v) is 5.18. The van der Waals surface area contributed by atoms with Crippen LogP contribution >= 0.6 is 24.0 Å². The monoisotopic (exact) mass is 521 g/mol. The largest absolute Gasteiger partial charge is 0.381 e. The second-order valence-electron chi connectivity index (χ2n) is 7.94. The van der Waals surface area contributed by atoms with Gasteiger partial charge in [-0.1, -0.05) is 20.8 Å². The number of likely N-dealkylation sites (N-methyl/N-ethyl adjacent to an activating group) is 1. The second kappa shape index (κ2) is 14.1. The van der Waals surface area contributed by atoms with Crippen molar-refractivity contribution in [3.8, 4) is 0 Å². The molecule has 1 aliphatic rings. The van der Waals surface area contributed by atoms with E-state index in [-0.39, 0.29) is 24.0 Å². The molecule has 0 aromatic carbocycles. The molecular weight excluding hydrogens is 481 g/mol. The van der Waals surface area contributed by atoms with Crippen LogP contribution in [-0.2, 0) is 18.3 Å². The fraction of sp³-hybridized carbons (Fsp3) is 0.850. The van der Waals surface area contributed by atoms with Crippen molar-refractivity contribution in [2.45, 2.75) is 59.5 Å². The lowest BCUT2D eigenvalue weighted by molar-refractivity contribution is 0.108. The molecular formula is C20H40IN7O. The van der Waals surface area contributed by atoms with Crippen LogP contribution in [0.5, 0.6) is 0 Å². The SMILES string of the molecule is CCN1CCCC1CNC(=NCc1nnc(C)n1C)NCCCOCC(C)C.I. The van der Waals surface area contributed by atoms with E-state index in [4.69, 9.17) is 9.73 Å². The van der Waals surface area contributed by atoms with Crippen molar-refractivity contribution < 1.29 is 4.74 Å². The summed E-state index contributed by atoms with van der Waals surface area (Å²) in [6.07, 6.45) is 3.49. The maximum atomic E-state index is 5.67. The molecule has 168 valence electrons. The Morgan fingerprint density at radius 3 is 2.76 bits per heavy atom. The topological polar surface area (TPSA) is 79.6 Å². The van der Waals surface area contributed by atoms with Gasteiger partial charge in [-0.25, -0.2) is 4.99 Å². The van der Waals surface area contributed by atoms with Gasteiger partial charge >= 0.3 is 0 Å². The van der Waals surface area contributed by atoms with Crippen molar-refractivity contribution in [1.82, 2.24) is 30.3 Å². The van der Waals surface area contributed by atoms with E-state index in [1.165, 1.54) is 19.4 Å². The lowest BCUT2D eigenvalue weighted by atomic mass is 10.2. The normalized spacial score (nSPS) is 17.6. The average Bonchev–Trinajstić information content (AvgIpc) is 3.26. The van der Waals surface area contributed by atoms with Crippen LogP contribution in [0, 0.1) is 12.8 Å². The number of ether oxygens (including phenoxy) is 1. The Bertz CT molecular complexity index is 606. The smallest absolute Gasteiger partial charge is 0.191 e. The van der Waals surface area contributed by atoms with Gasteiger partial charge in [0.25, 0.3) is 0 Å². The molecule has 1 fully saturated rings. The summed E-state index contributed by atoms with van der Waals surface area (Å²) in [4.78, 5) is 7.28. The summed E-state index contributed by atoms with van der Waals surface area (Å²) in [6, 6.07) is 0.587. The zero-order valence-corrected chi connectivity index (χ0v) is 21.1. The zero-order valence-electron chi connectivity index (χ0n) is 18.8. The summed E-state index contributed by atoms with van der Waals surface area (Å²) >= 11 is 0. The Hall–Kier alpha value is -0.940. The number of aromatic nitrogens is 3. The van der Waals surface area contributed by atoms with Crippen molar-refractivity contribution in [3.05, 3.63) is 11.6 Å². The van der Waals surface area contributed by atoms with Gasteiger partial charge in [-0.3, -0.25) is 4.90 Å². The quantitative estimate of drug-likeness (QED) is 0.202. The summed E-state index contributed by atoms with van der Waals surface area (Å²) in [6.45, 7) is 14.7. The summed E-state index contributed by atoms with van der Waals surface area (Å²) in [5, 5.41) is 15.3. The van der Waals surface area contributed by atoms with Gasteiger partial charge in [-0.15, -0.1) is 34.2 Å². The minimum absolute atomic E-state index is 0. The van der Waals surface area contributed by atoms with Gasteiger partial charge in [-0.2, -0.15) is 0 Å². The van der Waals surface area contributed by atoms with Crippen LogP contribution < -0.4 is 10.6 Å². The highest BCUT2D eigenvalue weighted by Crippen LogP contribution is 2.15. The molecule has 1 aliphatic heterocycles. The maximum absolute atomic E-state index is 5.67. The van der Waals surface area contributed by atoms with Crippen LogP contribution in [0.3, 0.4) is 0 Å². The molecule has 0 spiro atoms. The second-order valence-corrected chi connectivity index (χ2v) is 7.94. The first-order valence-corrected chi connectivity index (χ1v) is 10.7. The number of nitrogens with one attached hydrogen (secondary N) is 2. The van der Waals surface area contributed by atoms with E-state index in [0.717, 1.165) is 56.9 Å². The molecule has 9 heteroatoms. The molecule has 1 unspecified atom stereocenters. The Morgan fingerprint density at radius 1 is 1.31 bits per heavy atom. The first-order chi connectivity index (χ1) is 13.5. The number of likely N-dealkylation sites (tertiary alicyclic amines) is 1. The molecule has 1 atom stereocenters. The van der Waals surface area contributed by atoms with Gasteiger partial charge in [0.05, 0.1) is 0 Å². The first kappa shape index (κ1) is 26.1. The van der Waals surface area contributed by atoms with Gasteiger partial charge in [0.2, 0.25) is 0 Å². The van der Waals surface area contributed by atoms with E-state index in [9.17, 15) is 0 Å². The Balaban J connectivity index is 0.00000420. The number of guanidine groups is 1. The van der Waals surface area contributed by atoms with Crippen LogP contribution in [-0.4, -0.2) is 71.1 Å². The summed E-state index contributed by atoms with van der Waals surface area (Å²) < 4.78 is 7.65. The van der Waals surface area contributed by atoms with Gasteiger partial charge in [0.15, 0.2) is 11.8 Å². The average molecular weight is 521 g/mol. The maximum Gasteiger partial charge on any atom is 0.191 e. The Morgan fingerprint density at radius 2 is 2.10 bits per heavy atom. The molecule has 0 bridgehead atoms. The van der Waals surface area contributed by atoms with Crippen molar-refractivity contribution in [3.63, 3.8) is 0 Å². The van der Waals surface area contributed by atoms with Gasteiger partial charge in [-0.05, 0) is 45.2 Å². The van der Waals surface area contributed by atoms with Crippen LogP contribution in [0.1, 0.15) is 51.7 Å². The molecule has 2 N–H and O–H groups in total. The predicted molar refractivity (Wildman–Crippen MR) is 129 cm³/mol. The van der Waals surface area contributed by atoms with Crippen molar-refractivity contribution in [1.29, 1.82) is 0 Å². The van der Waals surface area contributed by atoms with E-state index in [1.54, 1.807) is 0 Å². The number of hydrogen-bond donors (Lipinski definition) is 2. The summed E-state index contributed by atoms with van der Waals surface area (Å²) in [7, 11) is 1.98. The van der Waals surface area contributed by atoms with Gasteiger partial charge in [0, 0.05) is 39.4 Å². The minimum atomic E-state index is 0. The van der Waals surface area contributed by atoms with Crippen LogP contribution in [0.2, 0.25) is 0 Å². The summed E-state index contributed by atoms with van der Waals surface area (Å²) in [5.74, 6) is 3.19. The molecule has 1 aromatic rings. The van der Waals surface area contributed by atoms with Crippen molar-refractivity contribution in [2.24, 2.45) is 18.0 Å². The van der Waals surface area contributed by atoms with Gasteiger partial charge < -0.3 is 19.9 Å². The van der Waals surface area contributed by atoms with E-state index in [1.807, 2.05) is 18.5 Å². The van der Waals surface area contributed by atoms with Crippen LogP contribution in [0.25, 0.3) is 0 Å². The van der Waals surface area contributed by atoms with Crippen molar-refractivity contribution in [2.75, 3.05) is 39.4 Å². The number of halogens is 1. The molecule has 0 radical (unpaired) electrons. The number of aliphatic imine (C=N–C) groups is 1. The van der Waals surface area contributed by atoms with E-state index >= 15 is 0 Å². The Kier molecular flexibility index (Phi) is 12.7. The zero-order chi connectivity index (χ0) is 20.4. The number of nitrogens with zero attached hydrogens (tertiary/aromatic N) is 5. The fourth-order valence-electron chi connectivity index (χ4n) is 3.37. The number of hydrogen-bond acceptors (Lipinski definition) is 5. The first-order valence-electron chi connectivity index (χ1n) is 10.7. The third-order valence-electron chi connectivity index (χ3n) is 5.18. The number of aryl methyl sites for hydroxylation is 1. The molecule has 1 saturated heterocycles. The molecule has 8 nitrogen and oxygen atoms in total. The highest BCUT2D eigenvalue weighted by atomic mass is 127. The standard InChI is InChI=1S/C20H39N7O.HI/c1-6-27-11-7-9-18(27)13-22-20(21-10-8-12-28-15-16(2)3)23-14-19-25-24-17(4)26(19)5;/h16,18H,6-15H2,1-5H3,(H2,21,22,23);1H. The predicted octanol–water partition coefficient (Wildman–Crippen LogP) is 2.32. The molecule has 29 heavy (non-hydrogen) atoms. The highest BCUT2D eigenvalue weighted by molar-refractivity contribution is 14.0. The van der Waals surface area contributed by atoms with Crippen LogP contribution in [0.4, 0.5) is 0 Å². The molecule has 1 aromatic heterocycles. The fourth-order valence-corrected chi connectivity index (χ4v) is 3.37. The molecule has 2 rings (SSSR count). The molecule has 0 saturated carbocycles. The molecule has 0 aliphatic carbocycles. The molecule has 0 amide bonds. The van der Waals surface area contributed by atoms with Crippen LogP contribution in [0.15, 0.2) is 4.99 Å². The van der Waals surface area contributed by atoms with Gasteiger partial charge in [0.1, 0.15) is 12.4 Å². The number of rotatable bonds is 11. The van der Waals surface area contributed by atoms with E-state index in [0.29, 0.717) is 18.5 Å².